The van der Waals surface area contributed by atoms with Crippen LogP contribution in [0.1, 0.15) is 0 Å². The van der Waals surface area contributed by atoms with Crippen LogP contribution < -0.4 is 9.80 Å². The predicted molar refractivity (Wildman–Crippen MR) is 213 cm³/mol. The molecule has 0 aliphatic carbocycles. The summed E-state index contributed by atoms with van der Waals surface area (Å²) < 4.78 is 9.21. The van der Waals surface area contributed by atoms with Gasteiger partial charge in [-0.25, -0.2) is 0 Å². The van der Waals surface area contributed by atoms with Gasteiger partial charge in [-0.05, 0) is 77.5 Å². The Morgan fingerprint density at radius 2 is 0.960 bits per heavy atom. The van der Waals surface area contributed by atoms with Crippen LogP contribution >= 0.6 is 11.3 Å². The molecule has 0 fully saturated rings. The smallest absolute Gasteiger partial charge is 0.159 e. The molecule has 0 unspecified atom stereocenters. The molecule has 0 saturated heterocycles. The Balaban J connectivity index is 1.36. The normalized spacial score (nSPS) is 11.6. The zero-order valence-corrected chi connectivity index (χ0v) is 27.8. The second-order valence-electron chi connectivity index (χ2n) is 12.5. The summed E-state index contributed by atoms with van der Waals surface area (Å²) in [6, 6.07) is 64.9. The van der Waals surface area contributed by atoms with Crippen molar-refractivity contribution in [2.75, 3.05) is 9.80 Å². The van der Waals surface area contributed by atoms with Gasteiger partial charge in [-0.15, -0.1) is 11.3 Å². The minimum absolute atomic E-state index is 0.858. The van der Waals surface area contributed by atoms with E-state index in [0.717, 1.165) is 56.1 Å². The Kier molecular flexibility index (Phi) is 6.68. The summed E-state index contributed by atoms with van der Waals surface area (Å²) in [6.45, 7) is 0. The van der Waals surface area contributed by atoms with Crippen molar-refractivity contribution in [3.63, 3.8) is 0 Å². The largest absolute Gasteiger partial charge is 0.454 e. The molecule has 0 N–H and O–H groups in total. The van der Waals surface area contributed by atoms with Crippen molar-refractivity contribution in [2.45, 2.75) is 0 Å². The lowest BCUT2D eigenvalue weighted by molar-refractivity contribution is 0.669. The van der Waals surface area contributed by atoms with Gasteiger partial charge in [0.1, 0.15) is 5.58 Å². The van der Waals surface area contributed by atoms with E-state index in [4.69, 9.17) is 4.42 Å². The van der Waals surface area contributed by atoms with Gasteiger partial charge < -0.3 is 14.2 Å². The molecular formula is C46H30N2OS. The molecule has 0 radical (unpaired) electrons. The number of fused-ring (bicyclic) bond motifs is 8. The zero-order chi connectivity index (χ0) is 33.0. The fourth-order valence-electron chi connectivity index (χ4n) is 7.40. The van der Waals surface area contributed by atoms with E-state index in [1.807, 2.05) is 17.4 Å². The number of hydrogen-bond acceptors (Lipinski definition) is 4. The zero-order valence-electron chi connectivity index (χ0n) is 27.0. The standard InChI is InChI=1S/C46H30N2OS/c1-4-16-32(17-5-1)47(33-18-6-2-7-19-33)40-29-38-44(50-43-28-27-31-15-10-11-22-35(31)45(38)43)30-41(40)48(34-20-8-3-9-21-34)39-25-14-24-37-36-23-12-13-26-42(36)49-46(37)39/h1-30H. The number of hydrogen-bond donors (Lipinski definition) is 0. The van der Waals surface area contributed by atoms with E-state index in [2.05, 4.69) is 186 Å². The molecule has 0 aliphatic heterocycles. The Bertz CT molecular complexity index is 2780. The van der Waals surface area contributed by atoms with Crippen LogP contribution in [0.5, 0.6) is 0 Å². The van der Waals surface area contributed by atoms with Gasteiger partial charge in [-0.1, -0.05) is 115 Å². The summed E-state index contributed by atoms with van der Waals surface area (Å²) in [5, 5.41) is 7.26. The minimum atomic E-state index is 0.858. The van der Waals surface area contributed by atoms with E-state index in [-0.39, 0.29) is 0 Å². The van der Waals surface area contributed by atoms with E-state index in [1.54, 1.807) is 0 Å². The quantitative estimate of drug-likeness (QED) is 0.177. The van der Waals surface area contributed by atoms with Gasteiger partial charge in [0.15, 0.2) is 5.58 Å². The lowest BCUT2D eigenvalue weighted by atomic mass is 10.0. The Hall–Kier alpha value is -6.36. The van der Waals surface area contributed by atoms with Crippen LogP contribution in [0, 0.1) is 0 Å². The molecule has 0 aliphatic rings. The number of para-hydroxylation sites is 5. The van der Waals surface area contributed by atoms with Gasteiger partial charge in [-0.3, -0.25) is 0 Å². The molecule has 0 atom stereocenters. The van der Waals surface area contributed by atoms with Crippen molar-refractivity contribution < 1.29 is 4.42 Å². The fourth-order valence-corrected chi connectivity index (χ4v) is 8.54. The third-order valence-electron chi connectivity index (χ3n) is 9.61. The van der Waals surface area contributed by atoms with Gasteiger partial charge in [0.25, 0.3) is 0 Å². The maximum atomic E-state index is 6.71. The first-order valence-electron chi connectivity index (χ1n) is 16.9. The molecule has 3 nitrogen and oxygen atoms in total. The number of benzene rings is 8. The van der Waals surface area contributed by atoms with Crippen LogP contribution in [0.15, 0.2) is 186 Å². The van der Waals surface area contributed by atoms with Gasteiger partial charge in [0, 0.05) is 48.0 Å². The number of rotatable bonds is 6. The van der Waals surface area contributed by atoms with Gasteiger partial charge in [0.05, 0.1) is 17.1 Å². The van der Waals surface area contributed by atoms with Crippen molar-refractivity contribution >= 4 is 98.3 Å². The summed E-state index contributed by atoms with van der Waals surface area (Å²) in [5.74, 6) is 0. The Morgan fingerprint density at radius 1 is 0.380 bits per heavy atom. The molecule has 236 valence electrons. The molecule has 8 aromatic carbocycles. The third-order valence-corrected chi connectivity index (χ3v) is 10.7. The van der Waals surface area contributed by atoms with E-state index in [1.165, 1.54) is 30.9 Å². The molecule has 2 aromatic heterocycles. The third kappa shape index (κ3) is 4.57. The highest BCUT2D eigenvalue weighted by Gasteiger charge is 2.26. The second-order valence-corrected chi connectivity index (χ2v) is 13.6. The van der Waals surface area contributed by atoms with E-state index < -0.39 is 0 Å². The van der Waals surface area contributed by atoms with Crippen molar-refractivity contribution in [1.82, 2.24) is 0 Å². The van der Waals surface area contributed by atoms with Crippen LogP contribution in [-0.2, 0) is 0 Å². The van der Waals surface area contributed by atoms with Crippen molar-refractivity contribution in [1.29, 1.82) is 0 Å². The fraction of sp³-hybridized carbons (Fsp3) is 0. The number of anilines is 6. The number of nitrogens with zero attached hydrogens (tertiary/aromatic N) is 2. The summed E-state index contributed by atoms with van der Waals surface area (Å²) in [7, 11) is 0. The van der Waals surface area contributed by atoms with Crippen molar-refractivity contribution in [3.8, 4) is 0 Å². The van der Waals surface area contributed by atoms with E-state index in [0.29, 0.717) is 0 Å². The molecule has 2 heterocycles. The van der Waals surface area contributed by atoms with Crippen LogP contribution in [0.2, 0.25) is 0 Å². The topological polar surface area (TPSA) is 19.6 Å². The van der Waals surface area contributed by atoms with Gasteiger partial charge >= 0.3 is 0 Å². The second kappa shape index (κ2) is 11.7. The molecule has 10 aromatic rings. The Morgan fingerprint density at radius 3 is 1.68 bits per heavy atom. The maximum Gasteiger partial charge on any atom is 0.159 e. The summed E-state index contributed by atoms with van der Waals surface area (Å²) in [5.41, 5.74) is 8.06. The summed E-state index contributed by atoms with van der Waals surface area (Å²) in [4.78, 5) is 4.76. The lowest BCUT2D eigenvalue weighted by Gasteiger charge is -2.33. The van der Waals surface area contributed by atoms with E-state index >= 15 is 0 Å². The molecule has 0 spiro atoms. The first kappa shape index (κ1) is 28.6. The van der Waals surface area contributed by atoms with E-state index in [9.17, 15) is 0 Å². The van der Waals surface area contributed by atoms with Crippen LogP contribution in [-0.4, -0.2) is 0 Å². The molecule has 0 saturated carbocycles. The minimum Gasteiger partial charge on any atom is -0.454 e. The first-order chi connectivity index (χ1) is 24.8. The van der Waals surface area contributed by atoms with Gasteiger partial charge in [-0.2, -0.15) is 0 Å². The molecule has 4 heteroatoms. The van der Waals surface area contributed by atoms with Crippen molar-refractivity contribution in [2.24, 2.45) is 0 Å². The number of furan rings is 1. The highest BCUT2D eigenvalue weighted by atomic mass is 32.1. The SMILES string of the molecule is c1ccc(N(c2ccccc2)c2cc3c(cc2N(c2ccccc2)c2cccc4c2oc2ccccc24)sc2ccc4ccccc4c23)cc1. The molecule has 50 heavy (non-hydrogen) atoms. The summed E-state index contributed by atoms with van der Waals surface area (Å²) >= 11 is 1.85. The number of thiophene rings is 1. The average molecular weight is 659 g/mol. The predicted octanol–water partition coefficient (Wildman–Crippen LogP) is 14.0. The van der Waals surface area contributed by atoms with Crippen LogP contribution in [0.3, 0.4) is 0 Å². The van der Waals surface area contributed by atoms with Crippen molar-refractivity contribution in [3.05, 3.63) is 182 Å². The molecular weight excluding hydrogens is 629 g/mol. The van der Waals surface area contributed by atoms with Crippen LogP contribution in [0.4, 0.5) is 34.1 Å². The average Bonchev–Trinajstić information content (AvgIpc) is 3.75. The highest BCUT2D eigenvalue weighted by Crippen LogP contribution is 2.51. The molecule has 10 rings (SSSR count). The maximum absolute atomic E-state index is 6.71. The van der Waals surface area contributed by atoms with Gasteiger partial charge in [0.2, 0.25) is 0 Å². The van der Waals surface area contributed by atoms with Crippen LogP contribution in [0.25, 0.3) is 52.9 Å². The highest BCUT2D eigenvalue weighted by molar-refractivity contribution is 7.26. The molecule has 0 amide bonds. The Labute approximate surface area is 293 Å². The lowest BCUT2D eigenvalue weighted by Crippen LogP contribution is -2.17. The monoisotopic (exact) mass is 658 g/mol. The summed E-state index contributed by atoms with van der Waals surface area (Å²) in [6.07, 6.45) is 0. The first-order valence-corrected chi connectivity index (χ1v) is 17.7. The molecule has 0 bridgehead atoms.